The van der Waals surface area contributed by atoms with Gasteiger partial charge in [0.05, 0.1) is 11.3 Å². The third kappa shape index (κ3) is 3.42. The maximum Gasteiger partial charge on any atom is 0.258 e. The molecule has 1 aromatic heterocycles. The Labute approximate surface area is 160 Å². The smallest absolute Gasteiger partial charge is 0.258 e. The second kappa shape index (κ2) is 7.05. The summed E-state index contributed by atoms with van der Waals surface area (Å²) in [6.07, 6.45) is 0. The van der Waals surface area contributed by atoms with Gasteiger partial charge in [0.15, 0.2) is 16.6 Å². The summed E-state index contributed by atoms with van der Waals surface area (Å²) in [4.78, 5) is 16.8. The van der Waals surface area contributed by atoms with Crippen molar-refractivity contribution < 1.29 is 18.7 Å². The van der Waals surface area contributed by atoms with Gasteiger partial charge < -0.3 is 9.47 Å². The number of amides is 1. The van der Waals surface area contributed by atoms with E-state index in [4.69, 9.17) is 9.47 Å². The number of nitrogens with zero attached hydrogens (tertiary/aromatic N) is 1. The molecular formula is C18H12BrFN2O3S. The van der Waals surface area contributed by atoms with Crippen LogP contribution in [0, 0.1) is 5.82 Å². The van der Waals surface area contributed by atoms with Gasteiger partial charge in [-0.2, -0.15) is 0 Å². The number of carbonyl (C=O) groups is 1. The van der Waals surface area contributed by atoms with Gasteiger partial charge in [-0.15, -0.1) is 11.3 Å². The van der Waals surface area contributed by atoms with Crippen LogP contribution < -0.4 is 14.8 Å². The topological polar surface area (TPSA) is 60.5 Å². The van der Waals surface area contributed by atoms with Crippen LogP contribution in [0.5, 0.6) is 11.5 Å². The van der Waals surface area contributed by atoms with E-state index in [0.29, 0.717) is 39.9 Å². The quantitative estimate of drug-likeness (QED) is 0.646. The Bertz CT molecular complexity index is 992. The van der Waals surface area contributed by atoms with Crippen LogP contribution in [-0.2, 0) is 0 Å². The molecule has 8 heteroatoms. The number of hydrogen-bond acceptors (Lipinski definition) is 5. The number of fused-ring (bicyclic) bond motifs is 1. The third-order valence-corrected chi connectivity index (χ3v) is 5.15. The zero-order valence-electron chi connectivity index (χ0n) is 13.3. The van der Waals surface area contributed by atoms with Crippen molar-refractivity contribution in [1.82, 2.24) is 4.98 Å². The molecule has 1 amide bonds. The van der Waals surface area contributed by atoms with E-state index in [-0.39, 0.29) is 5.91 Å². The minimum absolute atomic E-state index is 0.336. The van der Waals surface area contributed by atoms with Crippen molar-refractivity contribution >= 4 is 38.3 Å². The number of thiazole rings is 1. The van der Waals surface area contributed by atoms with Gasteiger partial charge in [-0.05, 0) is 52.3 Å². The highest BCUT2D eigenvalue weighted by Crippen LogP contribution is 2.35. The van der Waals surface area contributed by atoms with Gasteiger partial charge in [-0.3, -0.25) is 10.1 Å². The highest BCUT2D eigenvalue weighted by molar-refractivity contribution is 9.10. The molecule has 0 bridgehead atoms. The predicted octanol–water partition coefficient (Wildman–Crippen LogP) is 4.74. The lowest BCUT2D eigenvalue weighted by atomic mass is 10.1. The number of rotatable bonds is 3. The van der Waals surface area contributed by atoms with Crippen LogP contribution in [0.25, 0.3) is 11.3 Å². The zero-order chi connectivity index (χ0) is 18.1. The van der Waals surface area contributed by atoms with Crippen molar-refractivity contribution in [2.45, 2.75) is 0 Å². The Hall–Kier alpha value is -2.45. The van der Waals surface area contributed by atoms with E-state index in [9.17, 15) is 9.18 Å². The first-order valence-electron chi connectivity index (χ1n) is 7.72. The number of nitrogens with one attached hydrogen (secondary N) is 1. The summed E-state index contributed by atoms with van der Waals surface area (Å²) in [7, 11) is 0. The summed E-state index contributed by atoms with van der Waals surface area (Å²) in [5, 5.41) is 5.03. The largest absolute Gasteiger partial charge is 0.486 e. The van der Waals surface area contributed by atoms with Crippen LogP contribution in [0.4, 0.5) is 9.52 Å². The van der Waals surface area contributed by atoms with Crippen LogP contribution in [0.3, 0.4) is 0 Å². The van der Waals surface area contributed by atoms with Crippen molar-refractivity contribution in [3.63, 3.8) is 0 Å². The van der Waals surface area contributed by atoms with Crippen LogP contribution in [0.2, 0.25) is 0 Å². The molecule has 4 rings (SSSR count). The highest BCUT2D eigenvalue weighted by Gasteiger charge is 2.16. The van der Waals surface area contributed by atoms with E-state index in [2.05, 4.69) is 26.2 Å². The van der Waals surface area contributed by atoms with Gasteiger partial charge in [0.25, 0.3) is 5.91 Å². The Morgan fingerprint density at radius 3 is 2.77 bits per heavy atom. The van der Waals surface area contributed by atoms with Gasteiger partial charge in [-0.25, -0.2) is 9.37 Å². The van der Waals surface area contributed by atoms with E-state index in [1.54, 1.807) is 0 Å². The number of benzene rings is 2. The van der Waals surface area contributed by atoms with Crippen molar-refractivity contribution in [2.75, 3.05) is 18.5 Å². The lowest BCUT2D eigenvalue weighted by molar-refractivity contribution is 0.102. The van der Waals surface area contributed by atoms with Gasteiger partial charge in [0.1, 0.15) is 19.0 Å². The van der Waals surface area contributed by atoms with E-state index < -0.39 is 5.82 Å². The molecule has 26 heavy (non-hydrogen) atoms. The number of hydrogen-bond donors (Lipinski definition) is 1. The van der Waals surface area contributed by atoms with E-state index >= 15 is 0 Å². The van der Waals surface area contributed by atoms with Gasteiger partial charge in [0, 0.05) is 15.4 Å². The number of carbonyl (C=O) groups excluding carboxylic acids is 1. The summed E-state index contributed by atoms with van der Waals surface area (Å²) < 4.78 is 24.6. The fraction of sp³-hybridized carbons (Fsp3) is 0.111. The second-order valence-electron chi connectivity index (χ2n) is 5.47. The maximum absolute atomic E-state index is 13.2. The lowest BCUT2D eigenvalue weighted by Gasteiger charge is -2.18. The van der Waals surface area contributed by atoms with Crippen molar-refractivity contribution in [2.24, 2.45) is 0 Å². The Morgan fingerprint density at radius 2 is 1.96 bits per heavy atom. The summed E-state index contributed by atoms with van der Waals surface area (Å²) >= 11 is 4.50. The number of halogens is 2. The first-order valence-corrected chi connectivity index (χ1v) is 9.39. The highest BCUT2D eigenvalue weighted by atomic mass is 79.9. The molecule has 0 atom stereocenters. The minimum atomic E-state index is -0.413. The molecular weight excluding hydrogens is 423 g/mol. The molecule has 1 aliphatic rings. The average molecular weight is 435 g/mol. The fourth-order valence-corrected chi connectivity index (χ4v) is 3.75. The maximum atomic E-state index is 13.2. The Balaban J connectivity index is 1.54. The Kier molecular flexibility index (Phi) is 4.60. The minimum Gasteiger partial charge on any atom is -0.486 e. The third-order valence-electron chi connectivity index (χ3n) is 3.74. The zero-order valence-corrected chi connectivity index (χ0v) is 15.7. The summed E-state index contributed by atoms with van der Waals surface area (Å²) in [6.45, 7) is 1.06. The molecule has 0 spiro atoms. The average Bonchev–Trinajstić information content (AvgIpc) is 3.09. The van der Waals surface area contributed by atoms with Gasteiger partial charge in [0.2, 0.25) is 0 Å². The SMILES string of the molecule is O=C(Nc1nc(-c2ccc3c(c2)OCCO3)cs1)c1ccc(F)cc1Br. The number of ether oxygens (including phenoxy) is 2. The monoisotopic (exact) mass is 434 g/mol. The molecule has 0 radical (unpaired) electrons. The van der Waals surface area contributed by atoms with Crippen molar-refractivity contribution in [1.29, 1.82) is 0 Å². The molecule has 3 aromatic rings. The van der Waals surface area contributed by atoms with Crippen molar-refractivity contribution in [3.8, 4) is 22.8 Å². The molecule has 0 aliphatic carbocycles. The van der Waals surface area contributed by atoms with Crippen molar-refractivity contribution in [3.05, 3.63) is 57.6 Å². The summed E-state index contributed by atoms with van der Waals surface area (Å²) in [5.41, 5.74) is 1.93. The second-order valence-corrected chi connectivity index (χ2v) is 7.19. The van der Waals surface area contributed by atoms with Crippen LogP contribution >= 0.6 is 27.3 Å². The molecule has 2 heterocycles. The van der Waals surface area contributed by atoms with Crippen LogP contribution in [0.15, 0.2) is 46.3 Å². The number of anilines is 1. The number of aromatic nitrogens is 1. The predicted molar refractivity (Wildman–Crippen MR) is 101 cm³/mol. The van der Waals surface area contributed by atoms with E-state index in [1.807, 2.05) is 23.6 Å². The van der Waals surface area contributed by atoms with Gasteiger partial charge in [-0.1, -0.05) is 0 Å². The first kappa shape index (κ1) is 17.0. The first-order chi connectivity index (χ1) is 12.6. The molecule has 0 unspecified atom stereocenters. The van der Waals surface area contributed by atoms with E-state index in [0.717, 1.165) is 11.3 Å². The van der Waals surface area contributed by atoms with E-state index in [1.165, 1.54) is 29.5 Å². The fourth-order valence-electron chi connectivity index (χ4n) is 2.50. The molecule has 1 aliphatic heterocycles. The molecule has 2 aromatic carbocycles. The molecule has 132 valence electrons. The van der Waals surface area contributed by atoms with Crippen LogP contribution in [0.1, 0.15) is 10.4 Å². The molecule has 5 nitrogen and oxygen atoms in total. The standard InChI is InChI=1S/C18H12BrFN2O3S/c19-13-8-11(20)2-3-12(13)17(23)22-18-21-14(9-26-18)10-1-4-15-16(7-10)25-6-5-24-15/h1-4,7-9H,5-6H2,(H,21,22,23). The summed E-state index contributed by atoms with van der Waals surface area (Å²) in [5.74, 6) is 0.621. The Morgan fingerprint density at radius 1 is 1.15 bits per heavy atom. The summed E-state index contributed by atoms with van der Waals surface area (Å²) in [6, 6.07) is 9.51. The van der Waals surface area contributed by atoms with Crippen LogP contribution in [-0.4, -0.2) is 24.1 Å². The lowest BCUT2D eigenvalue weighted by Crippen LogP contribution is -2.15. The molecule has 0 saturated carbocycles. The molecule has 0 saturated heterocycles. The normalized spacial score (nSPS) is 12.7. The molecule has 1 N–H and O–H groups in total. The van der Waals surface area contributed by atoms with Gasteiger partial charge >= 0.3 is 0 Å². The molecule has 0 fully saturated rings.